The standard InChI is InChI=1S/C20H20N4O2/c1-24(15-8-4-3-5-9-15)20(25)17-12-14(21)13-19(23-17)22-16-10-6-7-11-18(16)26-2/h3-13H,1-2H3,(H3,21,22,23). The van der Waals surface area contributed by atoms with E-state index in [2.05, 4.69) is 10.3 Å². The van der Waals surface area contributed by atoms with Crippen LogP contribution in [-0.4, -0.2) is 25.0 Å². The first-order chi connectivity index (χ1) is 12.6. The van der Waals surface area contributed by atoms with Gasteiger partial charge in [0, 0.05) is 24.5 Å². The Bertz CT molecular complexity index is 913. The van der Waals surface area contributed by atoms with E-state index >= 15 is 0 Å². The van der Waals surface area contributed by atoms with Crippen molar-refractivity contribution in [1.82, 2.24) is 4.98 Å². The minimum atomic E-state index is -0.244. The van der Waals surface area contributed by atoms with E-state index in [0.29, 0.717) is 17.3 Å². The third-order valence-electron chi connectivity index (χ3n) is 3.88. The zero-order valence-corrected chi connectivity index (χ0v) is 14.6. The Hall–Kier alpha value is -3.54. The van der Waals surface area contributed by atoms with Crippen molar-refractivity contribution in [2.24, 2.45) is 0 Å². The van der Waals surface area contributed by atoms with Gasteiger partial charge >= 0.3 is 0 Å². The summed E-state index contributed by atoms with van der Waals surface area (Å²) in [4.78, 5) is 18.7. The van der Waals surface area contributed by atoms with Crippen LogP contribution >= 0.6 is 0 Å². The molecule has 0 aliphatic carbocycles. The second-order valence-electron chi connectivity index (χ2n) is 5.70. The van der Waals surface area contributed by atoms with Gasteiger partial charge in [0.1, 0.15) is 17.3 Å². The number of benzene rings is 2. The van der Waals surface area contributed by atoms with Crippen molar-refractivity contribution in [2.75, 3.05) is 30.1 Å². The third kappa shape index (κ3) is 3.75. The van der Waals surface area contributed by atoms with Gasteiger partial charge < -0.3 is 20.7 Å². The molecule has 0 bridgehead atoms. The lowest BCUT2D eigenvalue weighted by molar-refractivity contribution is 0.0988. The maximum atomic E-state index is 12.8. The minimum Gasteiger partial charge on any atom is -0.495 e. The molecular formula is C20H20N4O2. The van der Waals surface area contributed by atoms with Crippen molar-refractivity contribution >= 4 is 28.8 Å². The molecule has 26 heavy (non-hydrogen) atoms. The summed E-state index contributed by atoms with van der Waals surface area (Å²) < 4.78 is 5.32. The number of anilines is 4. The Kier molecular flexibility index (Phi) is 5.03. The second kappa shape index (κ2) is 7.57. The monoisotopic (exact) mass is 348 g/mol. The molecule has 0 spiro atoms. The summed E-state index contributed by atoms with van der Waals surface area (Å²) in [6.45, 7) is 0. The number of hydrogen-bond acceptors (Lipinski definition) is 5. The lowest BCUT2D eigenvalue weighted by atomic mass is 10.2. The molecule has 0 radical (unpaired) electrons. The summed E-state index contributed by atoms with van der Waals surface area (Å²) >= 11 is 0. The molecule has 6 heteroatoms. The topological polar surface area (TPSA) is 80.5 Å². The predicted octanol–water partition coefficient (Wildman–Crippen LogP) is 3.69. The van der Waals surface area contributed by atoms with Gasteiger partial charge in [-0.2, -0.15) is 0 Å². The lowest BCUT2D eigenvalue weighted by Crippen LogP contribution is -2.27. The molecule has 6 nitrogen and oxygen atoms in total. The molecule has 0 unspecified atom stereocenters. The van der Waals surface area contributed by atoms with Gasteiger partial charge in [0.2, 0.25) is 0 Å². The number of amides is 1. The van der Waals surface area contributed by atoms with E-state index in [9.17, 15) is 4.79 Å². The highest BCUT2D eigenvalue weighted by Gasteiger charge is 2.16. The average Bonchev–Trinajstić information content (AvgIpc) is 2.67. The van der Waals surface area contributed by atoms with Gasteiger partial charge in [-0.05, 0) is 30.3 Å². The molecule has 0 aliphatic heterocycles. The summed E-state index contributed by atoms with van der Waals surface area (Å²) in [6.07, 6.45) is 0. The second-order valence-corrected chi connectivity index (χ2v) is 5.70. The number of rotatable bonds is 5. The quantitative estimate of drug-likeness (QED) is 0.735. The Morgan fingerprint density at radius 2 is 1.77 bits per heavy atom. The number of carbonyl (C=O) groups is 1. The van der Waals surface area contributed by atoms with Crippen LogP contribution in [0.5, 0.6) is 5.75 Å². The molecule has 3 aromatic rings. The number of nitrogen functional groups attached to an aromatic ring is 1. The number of para-hydroxylation sites is 3. The number of nitrogens with zero attached hydrogens (tertiary/aromatic N) is 2. The first-order valence-electron chi connectivity index (χ1n) is 8.09. The Morgan fingerprint density at radius 3 is 2.50 bits per heavy atom. The summed E-state index contributed by atoms with van der Waals surface area (Å²) in [5.74, 6) is 0.900. The molecule has 3 rings (SSSR count). The number of pyridine rings is 1. The van der Waals surface area contributed by atoms with Gasteiger partial charge in [-0.25, -0.2) is 4.98 Å². The predicted molar refractivity (Wildman–Crippen MR) is 104 cm³/mol. The first-order valence-corrected chi connectivity index (χ1v) is 8.09. The number of nitrogens with one attached hydrogen (secondary N) is 1. The van der Waals surface area contributed by atoms with Crippen LogP contribution in [0.3, 0.4) is 0 Å². The molecule has 0 fully saturated rings. The fourth-order valence-corrected chi connectivity index (χ4v) is 2.55. The van der Waals surface area contributed by atoms with Crippen LogP contribution in [-0.2, 0) is 0 Å². The highest BCUT2D eigenvalue weighted by molar-refractivity contribution is 6.05. The molecule has 0 saturated carbocycles. The zero-order chi connectivity index (χ0) is 18.5. The van der Waals surface area contributed by atoms with E-state index < -0.39 is 0 Å². The Balaban J connectivity index is 1.89. The van der Waals surface area contributed by atoms with Crippen molar-refractivity contribution in [2.45, 2.75) is 0 Å². The summed E-state index contributed by atoms with van der Waals surface area (Å²) in [5.41, 5.74) is 8.20. The summed E-state index contributed by atoms with van der Waals surface area (Å²) in [6, 6.07) is 20.1. The maximum Gasteiger partial charge on any atom is 0.276 e. The van der Waals surface area contributed by atoms with Gasteiger partial charge in [-0.3, -0.25) is 4.79 Å². The fraction of sp³-hybridized carbons (Fsp3) is 0.100. The average molecular weight is 348 g/mol. The molecule has 1 heterocycles. The van der Waals surface area contributed by atoms with E-state index in [1.807, 2.05) is 54.6 Å². The van der Waals surface area contributed by atoms with Gasteiger partial charge in [0.05, 0.1) is 12.8 Å². The zero-order valence-electron chi connectivity index (χ0n) is 14.6. The molecule has 0 atom stereocenters. The van der Waals surface area contributed by atoms with Gasteiger partial charge in [0.25, 0.3) is 5.91 Å². The Labute approximate surface area is 152 Å². The number of aromatic nitrogens is 1. The molecule has 0 saturated heterocycles. The fourth-order valence-electron chi connectivity index (χ4n) is 2.55. The minimum absolute atomic E-state index is 0.244. The number of methoxy groups -OCH3 is 1. The smallest absolute Gasteiger partial charge is 0.276 e. The molecule has 1 aromatic heterocycles. The molecule has 2 aromatic carbocycles. The van der Waals surface area contributed by atoms with Crippen LogP contribution in [0.4, 0.5) is 22.9 Å². The number of carbonyl (C=O) groups excluding carboxylic acids is 1. The summed E-state index contributed by atoms with van der Waals surface area (Å²) in [7, 11) is 3.30. The largest absolute Gasteiger partial charge is 0.495 e. The van der Waals surface area contributed by atoms with Crippen molar-refractivity contribution < 1.29 is 9.53 Å². The summed E-state index contributed by atoms with van der Waals surface area (Å²) in [5, 5.41) is 3.15. The van der Waals surface area contributed by atoms with E-state index in [1.165, 1.54) is 4.90 Å². The van der Waals surface area contributed by atoms with Crippen molar-refractivity contribution in [1.29, 1.82) is 0 Å². The number of ether oxygens (including phenoxy) is 1. The van der Waals surface area contributed by atoms with Gasteiger partial charge in [-0.1, -0.05) is 30.3 Å². The SMILES string of the molecule is COc1ccccc1Nc1cc(N)cc(C(=O)N(C)c2ccccc2)n1. The first kappa shape index (κ1) is 17.3. The third-order valence-corrected chi connectivity index (χ3v) is 3.88. The van der Waals surface area contributed by atoms with E-state index in [-0.39, 0.29) is 11.6 Å². The normalized spacial score (nSPS) is 10.2. The van der Waals surface area contributed by atoms with Crippen molar-refractivity contribution in [3.05, 3.63) is 72.4 Å². The van der Waals surface area contributed by atoms with Crippen LogP contribution in [0.1, 0.15) is 10.5 Å². The van der Waals surface area contributed by atoms with Crippen LogP contribution in [0.2, 0.25) is 0 Å². The Morgan fingerprint density at radius 1 is 1.08 bits per heavy atom. The van der Waals surface area contributed by atoms with Crippen molar-refractivity contribution in [3.8, 4) is 5.75 Å². The molecule has 1 amide bonds. The van der Waals surface area contributed by atoms with Crippen LogP contribution in [0.25, 0.3) is 0 Å². The van der Waals surface area contributed by atoms with Crippen LogP contribution < -0.4 is 20.7 Å². The van der Waals surface area contributed by atoms with Gasteiger partial charge in [0.15, 0.2) is 0 Å². The van der Waals surface area contributed by atoms with Gasteiger partial charge in [-0.15, -0.1) is 0 Å². The van der Waals surface area contributed by atoms with Crippen molar-refractivity contribution in [3.63, 3.8) is 0 Å². The molecule has 132 valence electrons. The molecule has 3 N–H and O–H groups in total. The van der Waals surface area contributed by atoms with Crippen LogP contribution in [0.15, 0.2) is 66.7 Å². The number of nitrogens with two attached hydrogens (primary N) is 1. The van der Waals surface area contributed by atoms with E-state index in [4.69, 9.17) is 10.5 Å². The molecule has 0 aliphatic rings. The molecular weight excluding hydrogens is 328 g/mol. The highest BCUT2D eigenvalue weighted by atomic mass is 16.5. The maximum absolute atomic E-state index is 12.8. The van der Waals surface area contributed by atoms with E-state index in [0.717, 1.165) is 11.4 Å². The van der Waals surface area contributed by atoms with E-state index in [1.54, 1.807) is 26.3 Å². The number of hydrogen-bond donors (Lipinski definition) is 2. The lowest BCUT2D eigenvalue weighted by Gasteiger charge is -2.18. The highest BCUT2D eigenvalue weighted by Crippen LogP contribution is 2.27. The van der Waals surface area contributed by atoms with Crippen LogP contribution in [0, 0.1) is 0 Å².